The van der Waals surface area contributed by atoms with Crippen LogP contribution in [0.25, 0.3) is 10.4 Å². The highest BCUT2D eigenvalue weighted by molar-refractivity contribution is 5.79. The zero-order valence-electron chi connectivity index (χ0n) is 9.46. The van der Waals surface area contributed by atoms with Crippen LogP contribution in [0.1, 0.15) is 6.92 Å². The van der Waals surface area contributed by atoms with Crippen molar-refractivity contribution < 1.29 is 30.0 Å². The number of amides is 1. The Labute approximate surface area is 101 Å². The maximum absolute atomic E-state index is 10.7. The van der Waals surface area contributed by atoms with Crippen molar-refractivity contribution in [2.75, 3.05) is 6.54 Å². The lowest BCUT2D eigenvalue weighted by molar-refractivity contribution is -0.173. The van der Waals surface area contributed by atoms with E-state index in [1.807, 2.05) is 0 Å². The highest BCUT2D eigenvalue weighted by Crippen LogP contribution is 2.12. The van der Waals surface area contributed by atoms with E-state index in [-0.39, 0.29) is 6.29 Å². The number of nitrogens with zero attached hydrogens (tertiary/aromatic N) is 3. The summed E-state index contributed by atoms with van der Waals surface area (Å²) < 4.78 is 0. The molecule has 10 heteroatoms. The van der Waals surface area contributed by atoms with E-state index in [2.05, 4.69) is 10.0 Å². The second-order valence-electron chi connectivity index (χ2n) is 3.54. The SMILES string of the molecule is CC(=O)N[C@](O)(C=O)[C@@H](O)[C@@H](O)[C@H](O)CN=[N+]=[N-]. The van der Waals surface area contributed by atoms with Crippen molar-refractivity contribution in [1.82, 2.24) is 5.32 Å². The summed E-state index contributed by atoms with van der Waals surface area (Å²) in [5.74, 6) is -0.833. The minimum absolute atomic E-state index is 0.192. The van der Waals surface area contributed by atoms with E-state index < -0.39 is 36.5 Å². The topological polar surface area (TPSA) is 176 Å². The van der Waals surface area contributed by atoms with Gasteiger partial charge in [0.15, 0.2) is 6.29 Å². The highest BCUT2D eigenvalue weighted by Gasteiger charge is 2.43. The molecule has 0 rings (SSSR count). The molecule has 0 aliphatic carbocycles. The van der Waals surface area contributed by atoms with Gasteiger partial charge in [0, 0.05) is 11.8 Å². The van der Waals surface area contributed by atoms with E-state index in [9.17, 15) is 30.0 Å². The lowest BCUT2D eigenvalue weighted by Crippen LogP contribution is -2.63. The van der Waals surface area contributed by atoms with Gasteiger partial charge in [0.25, 0.3) is 0 Å². The molecule has 4 atom stereocenters. The highest BCUT2D eigenvalue weighted by atomic mass is 16.4. The summed E-state index contributed by atoms with van der Waals surface area (Å²) in [5.41, 5.74) is 5.25. The van der Waals surface area contributed by atoms with Gasteiger partial charge in [0.2, 0.25) is 11.6 Å². The Hall–Kier alpha value is -1.71. The van der Waals surface area contributed by atoms with E-state index in [1.165, 1.54) is 0 Å². The predicted molar refractivity (Wildman–Crippen MR) is 56.9 cm³/mol. The number of carbonyl (C=O) groups excluding carboxylic acids is 2. The van der Waals surface area contributed by atoms with Crippen LogP contribution < -0.4 is 5.32 Å². The van der Waals surface area contributed by atoms with Gasteiger partial charge in [-0.15, -0.1) is 0 Å². The fraction of sp³-hybridized carbons (Fsp3) is 0.750. The van der Waals surface area contributed by atoms with E-state index >= 15 is 0 Å². The van der Waals surface area contributed by atoms with Gasteiger partial charge < -0.3 is 25.7 Å². The third kappa shape index (κ3) is 4.28. The molecule has 102 valence electrons. The number of hydrogen-bond acceptors (Lipinski definition) is 7. The number of hydrogen-bond donors (Lipinski definition) is 5. The third-order valence-electron chi connectivity index (χ3n) is 2.06. The van der Waals surface area contributed by atoms with E-state index in [0.717, 1.165) is 6.92 Å². The molecule has 0 aliphatic rings. The maximum Gasteiger partial charge on any atom is 0.224 e. The number of aliphatic hydroxyl groups excluding tert-OH is 3. The lowest BCUT2D eigenvalue weighted by Gasteiger charge is -2.32. The second-order valence-corrected chi connectivity index (χ2v) is 3.54. The summed E-state index contributed by atoms with van der Waals surface area (Å²) in [6.07, 6.45) is -6.10. The zero-order valence-corrected chi connectivity index (χ0v) is 9.46. The van der Waals surface area contributed by atoms with Crippen molar-refractivity contribution >= 4 is 12.2 Å². The molecule has 1 amide bonds. The van der Waals surface area contributed by atoms with Gasteiger partial charge in [-0.2, -0.15) is 0 Å². The van der Waals surface area contributed by atoms with Crippen LogP contribution in [-0.2, 0) is 9.59 Å². The Kier molecular flexibility index (Phi) is 6.23. The van der Waals surface area contributed by atoms with Gasteiger partial charge >= 0.3 is 0 Å². The number of aldehydes is 1. The summed E-state index contributed by atoms with van der Waals surface area (Å²) in [5, 5.41) is 42.5. The average Bonchev–Trinajstić information content (AvgIpc) is 2.32. The monoisotopic (exact) mass is 262 g/mol. The summed E-state index contributed by atoms with van der Waals surface area (Å²) in [6.45, 7) is 0.397. The largest absolute Gasteiger partial charge is 0.390 e. The number of rotatable bonds is 7. The number of aliphatic hydroxyl groups is 4. The molecule has 18 heavy (non-hydrogen) atoms. The van der Waals surface area contributed by atoms with Gasteiger partial charge in [0.1, 0.15) is 12.2 Å². The van der Waals surface area contributed by atoms with Crippen molar-refractivity contribution in [2.45, 2.75) is 31.0 Å². The molecule has 0 saturated carbocycles. The molecule has 0 saturated heterocycles. The zero-order chi connectivity index (χ0) is 14.3. The van der Waals surface area contributed by atoms with Crippen LogP contribution in [0.5, 0.6) is 0 Å². The molecular formula is C8H14N4O6. The average molecular weight is 262 g/mol. The van der Waals surface area contributed by atoms with Gasteiger partial charge in [0.05, 0.1) is 12.6 Å². The van der Waals surface area contributed by atoms with Crippen LogP contribution in [0.4, 0.5) is 0 Å². The molecule has 0 aromatic rings. The summed E-state index contributed by atoms with van der Waals surface area (Å²) >= 11 is 0. The minimum atomic E-state index is -2.75. The third-order valence-corrected chi connectivity index (χ3v) is 2.06. The van der Waals surface area contributed by atoms with Crippen LogP contribution in [-0.4, -0.2) is 63.2 Å². The smallest absolute Gasteiger partial charge is 0.224 e. The predicted octanol–water partition coefficient (Wildman–Crippen LogP) is -2.60. The molecule has 0 aromatic heterocycles. The van der Waals surface area contributed by atoms with Crippen molar-refractivity contribution in [3.05, 3.63) is 10.4 Å². The Morgan fingerprint density at radius 3 is 2.50 bits per heavy atom. The number of nitrogens with one attached hydrogen (secondary N) is 1. The van der Waals surface area contributed by atoms with Crippen LogP contribution in [0.3, 0.4) is 0 Å². The van der Waals surface area contributed by atoms with Gasteiger partial charge in [-0.05, 0) is 5.53 Å². The first kappa shape index (κ1) is 16.3. The molecule has 0 radical (unpaired) electrons. The van der Waals surface area contributed by atoms with Crippen molar-refractivity contribution in [2.24, 2.45) is 5.11 Å². The Balaban J connectivity index is 4.86. The maximum atomic E-state index is 10.7. The molecular weight excluding hydrogens is 248 g/mol. The number of carbonyl (C=O) groups is 2. The Bertz CT molecular complexity index is 357. The fourth-order valence-electron chi connectivity index (χ4n) is 1.15. The lowest BCUT2D eigenvalue weighted by atomic mass is 9.98. The van der Waals surface area contributed by atoms with Gasteiger partial charge in [-0.3, -0.25) is 9.59 Å². The molecule has 0 aromatic carbocycles. The van der Waals surface area contributed by atoms with Crippen LogP contribution >= 0.6 is 0 Å². The molecule has 0 bridgehead atoms. The van der Waals surface area contributed by atoms with Gasteiger partial charge in [-0.1, -0.05) is 5.11 Å². The standard InChI is InChI=1S/C8H14N4O6/c1-4(14)11-8(18,3-13)7(17)6(16)5(15)2-10-12-9/h3,5-7,15-18H,2H2,1H3,(H,11,14)/t5-,6+,7+,8+/m1/s1. The molecule has 0 fully saturated rings. The van der Waals surface area contributed by atoms with Crippen LogP contribution in [0, 0.1) is 0 Å². The van der Waals surface area contributed by atoms with E-state index in [0.29, 0.717) is 0 Å². The first-order chi connectivity index (χ1) is 8.28. The first-order valence-corrected chi connectivity index (χ1v) is 4.81. The van der Waals surface area contributed by atoms with Crippen LogP contribution in [0.2, 0.25) is 0 Å². The van der Waals surface area contributed by atoms with Crippen molar-refractivity contribution in [3.63, 3.8) is 0 Å². The molecule has 5 N–H and O–H groups in total. The van der Waals surface area contributed by atoms with Crippen molar-refractivity contribution in [3.8, 4) is 0 Å². The van der Waals surface area contributed by atoms with Gasteiger partial charge in [-0.25, -0.2) is 0 Å². The second kappa shape index (κ2) is 6.89. The normalized spacial score (nSPS) is 18.7. The Morgan fingerprint density at radius 1 is 1.56 bits per heavy atom. The first-order valence-electron chi connectivity index (χ1n) is 4.81. The fourth-order valence-corrected chi connectivity index (χ4v) is 1.15. The molecule has 0 heterocycles. The summed E-state index contributed by atoms with van der Waals surface area (Å²) in [7, 11) is 0. The molecule has 0 aliphatic heterocycles. The summed E-state index contributed by atoms with van der Waals surface area (Å²) in [4.78, 5) is 23.7. The molecule has 0 unspecified atom stereocenters. The Morgan fingerprint density at radius 2 is 2.11 bits per heavy atom. The summed E-state index contributed by atoms with van der Waals surface area (Å²) in [6, 6.07) is 0. The quantitative estimate of drug-likeness (QED) is 0.110. The molecule has 0 spiro atoms. The van der Waals surface area contributed by atoms with Crippen LogP contribution in [0.15, 0.2) is 5.11 Å². The van der Waals surface area contributed by atoms with E-state index in [1.54, 1.807) is 5.32 Å². The van der Waals surface area contributed by atoms with Crippen molar-refractivity contribution in [1.29, 1.82) is 0 Å². The molecule has 10 nitrogen and oxygen atoms in total. The number of azide groups is 1. The van der Waals surface area contributed by atoms with E-state index in [4.69, 9.17) is 5.53 Å². The minimum Gasteiger partial charge on any atom is -0.390 e.